The Balaban J connectivity index is 0.00000192. The molecule has 0 fully saturated rings. The number of rotatable bonds is 4. The van der Waals surface area contributed by atoms with Crippen molar-refractivity contribution >= 4 is 45.9 Å². The van der Waals surface area contributed by atoms with Crippen molar-refractivity contribution in [2.45, 2.75) is 32.4 Å². The van der Waals surface area contributed by atoms with Gasteiger partial charge in [-0.2, -0.15) is 0 Å². The molecule has 1 aromatic carbocycles. The molecule has 2 aliphatic rings. The number of hydrogen-bond donors (Lipinski definition) is 2. The van der Waals surface area contributed by atoms with Crippen LogP contribution >= 0.6 is 39.9 Å². The monoisotopic (exact) mass is 493 g/mol. The molecule has 0 unspecified atom stereocenters. The summed E-state index contributed by atoms with van der Waals surface area (Å²) in [5, 5.41) is 6.75. The van der Waals surface area contributed by atoms with Crippen LogP contribution in [0, 0.1) is 0 Å². The quantitative estimate of drug-likeness (QED) is 0.291. The number of benzene rings is 1. The fourth-order valence-electron chi connectivity index (χ4n) is 2.53. The van der Waals surface area contributed by atoms with Gasteiger partial charge in [0.25, 0.3) is 0 Å². The second kappa shape index (κ2) is 8.77. The lowest BCUT2D eigenvalue weighted by atomic mass is 10.2. The van der Waals surface area contributed by atoms with Gasteiger partial charge in [0.05, 0.1) is 11.0 Å². The minimum absolute atomic E-state index is 0. The number of ether oxygens (including phenoxy) is 2. The third-order valence-electron chi connectivity index (χ3n) is 3.60. The van der Waals surface area contributed by atoms with E-state index in [1.165, 1.54) is 0 Å². The lowest BCUT2D eigenvalue weighted by molar-refractivity contribution is 0.173. The average molecular weight is 494 g/mol. The Kier molecular flexibility index (Phi) is 7.01. The lowest BCUT2D eigenvalue weighted by Gasteiger charge is -2.16. The standard InChI is InChI=1S/C16H20BrN3O2.HI/c1-2-18-16(20-12-5-3-4-6-12)19-9-11-7-13(17)15-14(8-11)21-10-22-15;/h3-4,7-8,12H,2,5-6,9-10H2,1H3,(H2,18,19,20);1H. The Hall–Kier alpha value is -0.960. The van der Waals surface area contributed by atoms with Crippen molar-refractivity contribution in [2.75, 3.05) is 13.3 Å². The van der Waals surface area contributed by atoms with E-state index in [0.717, 1.165) is 46.9 Å². The predicted octanol–water partition coefficient (Wildman–Crippen LogP) is 3.57. The van der Waals surface area contributed by atoms with Gasteiger partial charge in [-0.05, 0) is 53.4 Å². The second-order valence-corrected chi connectivity index (χ2v) is 6.15. The molecule has 0 bridgehead atoms. The van der Waals surface area contributed by atoms with Gasteiger partial charge in [-0.1, -0.05) is 12.2 Å². The average Bonchev–Trinajstić information content (AvgIpc) is 3.16. The van der Waals surface area contributed by atoms with E-state index < -0.39 is 0 Å². The molecule has 3 rings (SSSR count). The van der Waals surface area contributed by atoms with E-state index in [-0.39, 0.29) is 30.8 Å². The second-order valence-electron chi connectivity index (χ2n) is 5.29. The summed E-state index contributed by atoms with van der Waals surface area (Å²) in [7, 11) is 0. The summed E-state index contributed by atoms with van der Waals surface area (Å²) < 4.78 is 11.8. The molecule has 126 valence electrons. The van der Waals surface area contributed by atoms with Gasteiger partial charge in [0.2, 0.25) is 6.79 Å². The predicted molar refractivity (Wildman–Crippen MR) is 106 cm³/mol. The molecule has 23 heavy (non-hydrogen) atoms. The first-order valence-electron chi connectivity index (χ1n) is 7.54. The van der Waals surface area contributed by atoms with Crippen LogP contribution in [0.25, 0.3) is 0 Å². The molecule has 7 heteroatoms. The van der Waals surface area contributed by atoms with Gasteiger partial charge >= 0.3 is 0 Å². The van der Waals surface area contributed by atoms with Crippen molar-refractivity contribution < 1.29 is 9.47 Å². The van der Waals surface area contributed by atoms with Crippen LogP contribution in [-0.2, 0) is 6.54 Å². The zero-order valence-electron chi connectivity index (χ0n) is 13.0. The number of halogens is 2. The van der Waals surface area contributed by atoms with Crippen molar-refractivity contribution in [3.05, 3.63) is 34.3 Å². The summed E-state index contributed by atoms with van der Waals surface area (Å²) in [4.78, 5) is 4.66. The number of nitrogens with one attached hydrogen (secondary N) is 2. The highest BCUT2D eigenvalue weighted by Crippen LogP contribution is 2.40. The van der Waals surface area contributed by atoms with Crippen molar-refractivity contribution in [1.29, 1.82) is 0 Å². The Morgan fingerprint density at radius 2 is 2.09 bits per heavy atom. The van der Waals surface area contributed by atoms with Crippen molar-refractivity contribution in [2.24, 2.45) is 4.99 Å². The zero-order valence-corrected chi connectivity index (χ0v) is 16.9. The summed E-state index contributed by atoms with van der Waals surface area (Å²) in [5.41, 5.74) is 1.08. The molecular weight excluding hydrogens is 473 g/mol. The molecule has 5 nitrogen and oxygen atoms in total. The number of aliphatic imine (C=N–C) groups is 1. The third-order valence-corrected chi connectivity index (χ3v) is 4.19. The molecule has 0 amide bonds. The highest BCUT2D eigenvalue weighted by molar-refractivity contribution is 14.0. The maximum Gasteiger partial charge on any atom is 0.231 e. The Morgan fingerprint density at radius 3 is 2.83 bits per heavy atom. The summed E-state index contributed by atoms with van der Waals surface area (Å²) >= 11 is 3.51. The Bertz CT molecular complexity index is 599. The lowest BCUT2D eigenvalue weighted by Crippen LogP contribution is -2.42. The van der Waals surface area contributed by atoms with Crippen LogP contribution in [0.1, 0.15) is 25.3 Å². The first kappa shape index (κ1) is 18.4. The van der Waals surface area contributed by atoms with Crippen LogP contribution < -0.4 is 20.1 Å². The van der Waals surface area contributed by atoms with Crippen LogP contribution in [0.3, 0.4) is 0 Å². The van der Waals surface area contributed by atoms with E-state index in [0.29, 0.717) is 12.6 Å². The van der Waals surface area contributed by atoms with Crippen molar-refractivity contribution in [3.63, 3.8) is 0 Å². The molecule has 1 aliphatic carbocycles. The molecule has 0 saturated carbocycles. The molecule has 0 spiro atoms. The minimum atomic E-state index is 0. The fourth-order valence-corrected chi connectivity index (χ4v) is 3.13. The summed E-state index contributed by atoms with van der Waals surface area (Å²) in [6, 6.07) is 4.45. The zero-order chi connectivity index (χ0) is 15.4. The summed E-state index contributed by atoms with van der Waals surface area (Å²) in [6.07, 6.45) is 6.52. The fraction of sp³-hybridized carbons (Fsp3) is 0.438. The molecule has 0 aromatic heterocycles. The normalized spacial score (nSPS) is 16.3. The molecule has 0 radical (unpaired) electrons. The van der Waals surface area contributed by atoms with Gasteiger partial charge in [0.15, 0.2) is 17.5 Å². The van der Waals surface area contributed by atoms with Crippen LogP contribution in [0.15, 0.2) is 33.7 Å². The van der Waals surface area contributed by atoms with Gasteiger partial charge < -0.3 is 20.1 Å². The van der Waals surface area contributed by atoms with Gasteiger partial charge in [0, 0.05) is 12.6 Å². The van der Waals surface area contributed by atoms with Gasteiger partial charge in [-0.15, -0.1) is 24.0 Å². The third kappa shape index (κ3) is 4.76. The first-order chi connectivity index (χ1) is 10.8. The van der Waals surface area contributed by atoms with Gasteiger partial charge in [0.1, 0.15) is 0 Å². The Morgan fingerprint density at radius 1 is 1.30 bits per heavy atom. The maximum absolute atomic E-state index is 5.44. The van der Waals surface area contributed by atoms with Crippen LogP contribution in [0.2, 0.25) is 0 Å². The van der Waals surface area contributed by atoms with Crippen molar-refractivity contribution in [3.8, 4) is 11.5 Å². The molecule has 0 saturated heterocycles. The van der Waals surface area contributed by atoms with Crippen LogP contribution in [-0.4, -0.2) is 25.3 Å². The highest BCUT2D eigenvalue weighted by Gasteiger charge is 2.18. The van der Waals surface area contributed by atoms with E-state index in [1.807, 2.05) is 12.1 Å². The molecule has 1 aromatic rings. The first-order valence-corrected chi connectivity index (χ1v) is 8.33. The van der Waals surface area contributed by atoms with E-state index in [4.69, 9.17) is 9.47 Å². The molecular formula is C16H21BrIN3O2. The number of guanidine groups is 1. The molecule has 1 aliphatic heterocycles. The SMILES string of the molecule is CCNC(=NCc1cc(Br)c2c(c1)OCO2)NC1CC=CC1.I. The Labute approximate surface area is 162 Å². The number of hydrogen-bond acceptors (Lipinski definition) is 3. The van der Waals surface area contributed by atoms with Crippen LogP contribution in [0.5, 0.6) is 11.5 Å². The van der Waals surface area contributed by atoms with Gasteiger partial charge in [-0.3, -0.25) is 0 Å². The van der Waals surface area contributed by atoms with Gasteiger partial charge in [-0.25, -0.2) is 4.99 Å². The van der Waals surface area contributed by atoms with E-state index >= 15 is 0 Å². The summed E-state index contributed by atoms with van der Waals surface area (Å²) in [5.74, 6) is 2.40. The highest BCUT2D eigenvalue weighted by atomic mass is 127. The topological polar surface area (TPSA) is 54.9 Å². The van der Waals surface area contributed by atoms with E-state index in [1.54, 1.807) is 0 Å². The molecule has 0 atom stereocenters. The van der Waals surface area contributed by atoms with E-state index in [9.17, 15) is 0 Å². The largest absolute Gasteiger partial charge is 0.454 e. The van der Waals surface area contributed by atoms with Crippen molar-refractivity contribution in [1.82, 2.24) is 10.6 Å². The number of nitrogens with zero attached hydrogens (tertiary/aromatic N) is 1. The van der Waals surface area contributed by atoms with Crippen LogP contribution in [0.4, 0.5) is 0 Å². The minimum Gasteiger partial charge on any atom is -0.454 e. The summed E-state index contributed by atoms with van der Waals surface area (Å²) in [6.45, 7) is 3.78. The van der Waals surface area contributed by atoms with E-state index in [2.05, 4.69) is 50.6 Å². The smallest absolute Gasteiger partial charge is 0.231 e. The number of fused-ring (bicyclic) bond motifs is 1. The molecule has 1 heterocycles. The molecule has 2 N–H and O–H groups in total. The maximum atomic E-state index is 5.44.